The van der Waals surface area contributed by atoms with Crippen molar-refractivity contribution in [3.63, 3.8) is 0 Å². The fraction of sp³-hybridized carbons (Fsp3) is 0.943. The zero-order valence-corrected chi connectivity index (χ0v) is 27.0. The molecule has 0 amide bonds. The van der Waals surface area contributed by atoms with Gasteiger partial charge in [-0.15, -0.1) is 0 Å². The van der Waals surface area contributed by atoms with Gasteiger partial charge in [0.15, 0.2) is 6.10 Å². The number of hydrogen-bond acceptors (Lipinski definition) is 5. The summed E-state index contributed by atoms with van der Waals surface area (Å²) < 4.78 is 10.6. The third-order valence-electron chi connectivity index (χ3n) is 8.19. The smallest absolute Gasteiger partial charge is 0.306 e. The van der Waals surface area contributed by atoms with Crippen LogP contribution in [-0.4, -0.2) is 36.4 Å². The molecule has 0 aliphatic rings. The molecule has 2 atom stereocenters. The fourth-order valence-corrected chi connectivity index (χ4v) is 5.12. The molecule has 1 unspecified atom stereocenters. The molecule has 1 N–H and O–H groups in total. The number of carbonyl (C=O) groups excluding carboxylic acids is 2. The van der Waals surface area contributed by atoms with Crippen LogP contribution in [0.3, 0.4) is 0 Å². The molecule has 0 spiro atoms. The molecule has 238 valence electrons. The molecule has 0 saturated heterocycles. The van der Waals surface area contributed by atoms with E-state index in [1.807, 2.05) is 0 Å². The second kappa shape index (κ2) is 30.8. The van der Waals surface area contributed by atoms with Crippen molar-refractivity contribution in [2.24, 2.45) is 5.92 Å². The Morgan fingerprint density at radius 3 is 1.40 bits per heavy atom. The van der Waals surface area contributed by atoms with E-state index in [2.05, 4.69) is 20.8 Å². The van der Waals surface area contributed by atoms with E-state index in [0.29, 0.717) is 12.8 Å². The largest absolute Gasteiger partial charge is 0.462 e. The van der Waals surface area contributed by atoms with Gasteiger partial charge < -0.3 is 14.6 Å². The Hall–Kier alpha value is -1.10. The quantitative estimate of drug-likeness (QED) is 0.0665. The maximum Gasteiger partial charge on any atom is 0.306 e. The number of carbonyl (C=O) groups is 2. The van der Waals surface area contributed by atoms with Gasteiger partial charge in [0, 0.05) is 12.8 Å². The van der Waals surface area contributed by atoms with Crippen molar-refractivity contribution in [1.29, 1.82) is 0 Å². The number of aliphatic hydroxyl groups is 1. The molecule has 5 nitrogen and oxygen atoms in total. The van der Waals surface area contributed by atoms with E-state index in [-0.39, 0.29) is 25.2 Å². The lowest BCUT2D eigenvalue weighted by molar-refractivity contribution is -0.161. The molecular weight excluding hydrogens is 500 g/mol. The Bertz CT molecular complexity index is 550. The number of unbranched alkanes of at least 4 members (excludes halogenated alkanes) is 20. The van der Waals surface area contributed by atoms with Crippen molar-refractivity contribution in [2.75, 3.05) is 13.2 Å². The minimum atomic E-state index is -0.761. The molecule has 0 radical (unpaired) electrons. The van der Waals surface area contributed by atoms with Gasteiger partial charge >= 0.3 is 11.9 Å². The number of esters is 2. The maximum absolute atomic E-state index is 12.1. The normalized spacial score (nSPS) is 12.8. The summed E-state index contributed by atoms with van der Waals surface area (Å²) in [5, 5.41) is 9.50. The first-order valence-electron chi connectivity index (χ1n) is 17.5. The number of ether oxygens (including phenoxy) is 2. The van der Waals surface area contributed by atoms with Crippen LogP contribution in [0.1, 0.15) is 188 Å². The molecule has 0 aliphatic carbocycles. The van der Waals surface area contributed by atoms with Gasteiger partial charge in [-0.2, -0.15) is 0 Å². The number of aliphatic hydroxyl groups excluding tert-OH is 1. The molecule has 0 aromatic rings. The first kappa shape index (κ1) is 38.9. The van der Waals surface area contributed by atoms with Crippen LogP contribution in [0.15, 0.2) is 0 Å². The zero-order valence-electron chi connectivity index (χ0n) is 27.0. The molecule has 0 rings (SSSR count). The molecule has 0 bridgehead atoms. The van der Waals surface area contributed by atoms with Crippen LogP contribution in [0, 0.1) is 5.92 Å². The molecule has 40 heavy (non-hydrogen) atoms. The van der Waals surface area contributed by atoms with Gasteiger partial charge in [0.25, 0.3) is 0 Å². The van der Waals surface area contributed by atoms with E-state index < -0.39 is 6.10 Å². The van der Waals surface area contributed by atoms with E-state index in [4.69, 9.17) is 9.47 Å². The van der Waals surface area contributed by atoms with E-state index in [9.17, 15) is 14.7 Å². The lowest BCUT2D eigenvalue weighted by Crippen LogP contribution is -2.28. The average molecular weight is 569 g/mol. The van der Waals surface area contributed by atoms with Crippen LogP contribution in [0.25, 0.3) is 0 Å². The second-order valence-electron chi connectivity index (χ2n) is 12.2. The van der Waals surface area contributed by atoms with Gasteiger partial charge in [-0.3, -0.25) is 9.59 Å². The van der Waals surface area contributed by atoms with Gasteiger partial charge in [0.2, 0.25) is 0 Å². The van der Waals surface area contributed by atoms with E-state index in [1.54, 1.807) is 0 Å². The Kier molecular flexibility index (Phi) is 30.0. The lowest BCUT2D eigenvalue weighted by Gasteiger charge is -2.15. The Morgan fingerprint density at radius 1 is 0.575 bits per heavy atom. The monoisotopic (exact) mass is 569 g/mol. The summed E-state index contributed by atoms with van der Waals surface area (Å²) in [6, 6.07) is 0. The Balaban J connectivity index is 3.55. The predicted molar refractivity (Wildman–Crippen MR) is 168 cm³/mol. The molecule has 0 aromatic heterocycles. The fourth-order valence-electron chi connectivity index (χ4n) is 5.12. The summed E-state index contributed by atoms with van der Waals surface area (Å²) in [4.78, 5) is 24.1. The van der Waals surface area contributed by atoms with Crippen LogP contribution in [-0.2, 0) is 19.1 Å². The highest BCUT2D eigenvalue weighted by atomic mass is 16.6. The first-order valence-corrected chi connectivity index (χ1v) is 17.5. The summed E-state index contributed by atoms with van der Waals surface area (Å²) in [5.74, 6) is 0.274. The van der Waals surface area contributed by atoms with Crippen molar-refractivity contribution in [2.45, 2.75) is 194 Å². The average Bonchev–Trinajstić information content (AvgIpc) is 2.96. The minimum absolute atomic E-state index is 0.0588. The molecule has 5 heteroatoms. The predicted octanol–water partition coefficient (Wildman–Crippen LogP) is 10.3. The first-order chi connectivity index (χ1) is 19.5. The second-order valence-corrected chi connectivity index (χ2v) is 12.2. The molecule has 0 fully saturated rings. The standard InChI is InChI=1S/C35H68O5/c1-4-6-7-8-9-10-11-12-13-14-15-19-22-25-28-34(37)39-31-33(30-36)40-35(38)29-26-23-20-17-16-18-21-24-27-32(3)5-2/h32-33,36H,4-31H2,1-3H3/t32?,33-/m0/s1. The van der Waals surface area contributed by atoms with Crippen LogP contribution >= 0.6 is 0 Å². The van der Waals surface area contributed by atoms with Crippen LogP contribution in [0.4, 0.5) is 0 Å². The number of hydrogen-bond donors (Lipinski definition) is 1. The molecule has 0 aromatic carbocycles. The highest BCUT2D eigenvalue weighted by Gasteiger charge is 2.16. The zero-order chi connectivity index (χ0) is 29.5. The topological polar surface area (TPSA) is 72.8 Å². The van der Waals surface area contributed by atoms with Gasteiger partial charge in [-0.25, -0.2) is 0 Å². The van der Waals surface area contributed by atoms with Gasteiger partial charge in [-0.1, -0.05) is 162 Å². The molecule has 0 heterocycles. The molecule has 0 saturated carbocycles. The number of rotatable bonds is 31. The van der Waals surface area contributed by atoms with Gasteiger partial charge in [-0.05, 0) is 18.8 Å². The highest BCUT2D eigenvalue weighted by Crippen LogP contribution is 2.16. The van der Waals surface area contributed by atoms with Crippen LogP contribution < -0.4 is 0 Å². The summed E-state index contributed by atoms with van der Waals surface area (Å²) in [5.41, 5.74) is 0. The summed E-state index contributed by atoms with van der Waals surface area (Å²) in [6.45, 7) is 6.48. The SMILES string of the molecule is CCCCCCCCCCCCCCCCC(=O)OC[C@H](CO)OC(=O)CCCCCCCCCCC(C)CC. The molecular formula is C35H68O5. The van der Waals surface area contributed by atoms with Crippen molar-refractivity contribution < 1.29 is 24.2 Å². The van der Waals surface area contributed by atoms with Gasteiger partial charge in [0.05, 0.1) is 6.61 Å². The highest BCUT2D eigenvalue weighted by molar-refractivity contribution is 5.70. The van der Waals surface area contributed by atoms with Crippen molar-refractivity contribution in [3.8, 4) is 0 Å². The van der Waals surface area contributed by atoms with Crippen LogP contribution in [0.2, 0.25) is 0 Å². The van der Waals surface area contributed by atoms with E-state index >= 15 is 0 Å². The summed E-state index contributed by atoms with van der Waals surface area (Å²) in [7, 11) is 0. The van der Waals surface area contributed by atoms with Crippen molar-refractivity contribution >= 4 is 11.9 Å². The Morgan fingerprint density at radius 2 is 0.975 bits per heavy atom. The van der Waals surface area contributed by atoms with Crippen molar-refractivity contribution in [3.05, 3.63) is 0 Å². The summed E-state index contributed by atoms with van der Waals surface area (Å²) >= 11 is 0. The summed E-state index contributed by atoms with van der Waals surface area (Å²) in [6.07, 6.45) is 30.1. The van der Waals surface area contributed by atoms with E-state index in [1.165, 1.54) is 122 Å². The lowest BCUT2D eigenvalue weighted by atomic mass is 9.99. The third kappa shape index (κ3) is 28.4. The van der Waals surface area contributed by atoms with Crippen LogP contribution in [0.5, 0.6) is 0 Å². The Labute approximate surface area is 248 Å². The maximum atomic E-state index is 12.1. The minimum Gasteiger partial charge on any atom is -0.462 e. The third-order valence-corrected chi connectivity index (χ3v) is 8.19. The van der Waals surface area contributed by atoms with Crippen molar-refractivity contribution in [1.82, 2.24) is 0 Å². The van der Waals surface area contributed by atoms with E-state index in [0.717, 1.165) is 38.0 Å². The van der Waals surface area contributed by atoms with Gasteiger partial charge in [0.1, 0.15) is 6.61 Å². The molecule has 0 aliphatic heterocycles.